The minimum Gasteiger partial charge on any atom is -0.382 e. The zero-order chi connectivity index (χ0) is 14.9. The molecule has 0 amide bonds. The van der Waals surface area contributed by atoms with Gasteiger partial charge >= 0.3 is 0 Å². The molecule has 0 bridgehead atoms. The molecule has 1 heterocycles. The molecule has 0 unspecified atom stereocenters. The van der Waals surface area contributed by atoms with Crippen molar-refractivity contribution in [3.8, 4) is 0 Å². The first-order chi connectivity index (χ1) is 9.47. The topological polar surface area (TPSA) is 97.1 Å². The molecule has 1 rings (SSSR count). The molecule has 1 aliphatic rings. The van der Waals surface area contributed by atoms with Crippen LogP contribution in [-0.4, -0.2) is 67.5 Å². The standard InChI is InChI=1S/C12H25NO6S/c1-16-6-7-18-8-9-19-10-12(11-20(13,14)15)2-4-17-5-3-12/h2-11H2,1H3,(H2,13,14,15). The molecule has 1 aliphatic heterocycles. The molecule has 0 aromatic heterocycles. The van der Waals surface area contributed by atoms with Gasteiger partial charge in [0.05, 0.1) is 38.8 Å². The van der Waals surface area contributed by atoms with Crippen molar-refractivity contribution >= 4 is 10.0 Å². The van der Waals surface area contributed by atoms with Gasteiger partial charge < -0.3 is 18.9 Å². The second kappa shape index (κ2) is 8.91. The molecule has 0 aromatic carbocycles. The van der Waals surface area contributed by atoms with E-state index in [1.54, 1.807) is 7.11 Å². The second-order valence-corrected chi connectivity index (χ2v) is 6.69. The summed E-state index contributed by atoms with van der Waals surface area (Å²) in [4.78, 5) is 0. The average molecular weight is 311 g/mol. The van der Waals surface area contributed by atoms with Gasteiger partial charge in [-0.3, -0.25) is 0 Å². The van der Waals surface area contributed by atoms with Crippen molar-refractivity contribution in [3.05, 3.63) is 0 Å². The summed E-state index contributed by atoms with van der Waals surface area (Å²) in [5.41, 5.74) is -0.432. The molecule has 0 saturated carbocycles. The predicted molar refractivity (Wildman–Crippen MR) is 74.0 cm³/mol. The lowest BCUT2D eigenvalue weighted by atomic mass is 9.83. The minimum absolute atomic E-state index is 0.0616. The lowest BCUT2D eigenvalue weighted by Crippen LogP contribution is -2.42. The fourth-order valence-electron chi connectivity index (χ4n) is 2.21. The average Bonchev–Trinajstić information content (AvgIpc) is 2.37. The van der Waals surface area contributed by atoms with Crippen molar-refractivity contribution in [1.29, 1.82) is 0 Å². The van der Waals surface area contributed by atoms with E-state index in [-0.39, 0.29) is 5.75 Å². The normalized spacial score (nSPS) is 19.1. The highest BCUT2D eigenvalue weighted by molar-refractivity contribution is 7.89. The highest BCUT2D eigenvalue weighted by Crippen LogP contribution is 2.32. The van der Waals surface area contributed by atoms with Gasteiger partial charge in [-0.1, -0.05) is 0 Å². The maximum atomic E-state index is 11.4. The van der Waals surface area contributed by atoms with Gasteiger partial charge in [0, 0.05) is 25.7 Å². The third kappa shape index (κ3) is 7.51. The zero-order valence-electron chi connectivity index (χ0n) is 12.0. The van der Waals surface area contributed by atoms with E-state index >= 15 is 0 Å². The molecule has 0 spiro atoms. The highest BCUT2D eigenvalue weighted by atomic mass is 32.2. The Kier molecular flexibility index (Phi) is 7.93. The molecule has 0 aliphatic carbocycles. The molecule has 0 radical (unpaired) electrons. The molecule has 1 fully saturated rings. The molecule has 8 heteroatoms. The second-order valence-electron chi connectivity index (χ2n) is 5.08. The Morgan fingerprint density at radius 1 is 1.10 bits per heavy atom. The first-order valence-corrected chi connectivity index (χ1v) is 8.42. The Hall–Kier alpha value is -0.250. The van der Waals surface area contributed by atoms with E-state index in [0.717, 1.165) is 0 Å². The Bertz CT molecular complexity index is 353. The number of rotatable bonds is 10. The van der Waals surface area contributed by atoms with Crippen molar-refractivity contribution in [2.45, 2.75) is 12.8 Å². The van der Waals surface area contributed by atoms with E-state index in [1.807, 2.05) is 0 Å². The summed E-state index contributed by atoms with van der Waals surface area (Å²) in [6.45, 7) is 3.41. The Labute approximate surface area is 120 Å². The number of ether oxygens (including phenoxy) is 4. The first kappa shape index (κ1) is 17.8. The third-order valence-corrected chi connectivity index (χ3v) is 4.29. The Balaban J connectivity index is 2.30. The fourth-order valence-corrected chi connectivity index (χ4v) is 3.44. The van der Waals surface area contributed by atoms with E-state index in [1.165, 1.54) is 0 Å². The number of sulfonamides is 1. The van der Waals surface area contributed by atoms with Gasteiger partial charge in [-0.15, -0.1) is 0 Å². The number of hydrogen-bond donors (Lipinski definition) is 1. The largest absolute Gasteiger partial charge is 0.382 e. The van der Waals surface area contributed by atoms with Crippen LogP contribution in [0.3, 0.4) is 0 Å². The van der Waals surface area contributed by atoms with Crippen LogP contribution in [0, 0.1) is 5.41 Å². The summed E-state index contributed by atoms with van der Waals surface area (Å²) in [5.74, 6) is -0.0616. The van der Waals surface area contributed by atoms with E-state index in [4.69, 9.17) is 24.1 Å². The lowest BCUT2D eigenvalue weighted by Gasteiger charge is -2.36. The molecule has 20 heavy (non-hydrogen) atoms. The van der Waals surface area contributed by atoms with Crippen molar-refractivity contribution in [1.82, 2.24) is 0 Å². The summed E-state index contributed by atoms with van der Waals surface area (Å²) >= 11 is 0. The molecular weight excluding hydrogens is 286 g/mol. The molecule has 1 saturated heterocycles. The van der Waals surface area contributed by atoms with Gasteiger partial charge in [0.15, 0.2) is 0 Å². The lowest BCUT2D eigenvalue weighted by molar-refractivity contribution is -0.0427. The van der Waals surface area contributed by atoms with Gasteiger partial charge in [0.1, 0.15) is 0 Å². The van der Waals surface area contributed by atoms with Crippen molar-refractivity contribution < 1.29 is 27.4 Å². The number of primary sulfonamides is 1. The maximum Gasteiger partial charge on any atom is 0.209 e. The van der Waals surface area contributed by atoms with Crippen LogP contribution in [0.2, 0.25) is 0 Å². The summed E-state index contributed by atoms with van der Waals surface area (Å²) in [5, 5.41) is 5.17. The van der Waals surface area contributed by atoms with E-state index in [9.17, 15) is 8.42 Å². The van der Waals surface area contributed by atoms with Gasteiger partial charge in [0.2, 0.25) is 10.0 Å². The van der Waals surface area contributed by atoms with Gasteiger partial charge in [-0.25, -0.2) is 13.6 Å². The number of hydrogen-bond acceptors (Lipinski definition) is 6. The predicted octanol–water partition coefficient (Wildman–Crippen LogP) is -0.249. The van der Waals surface area contributed by atoms with E-state index in [0.29, 0.717) is 59.1 Å². The summed E-state index contributed by atoms with van der Waals surface area (Å²) < 4.78 is 43.7. The van der Waals surface area contributed by atoms with Crippen molar-refractivity contribution in [2.24, 2.45) is 10.6 Å². The third-order valence-electron chi connectivity index (χ3n) is 3.27. The van der Waals surface area contributed by atoms with Crippen LogP contribution in [0.4, 0.5) is 0 Å². The summed E-state index contributed by atoms with van der Waals surface area (Å²) in [7, 11) is -1.91. The first-order valence-electron chi connectivity index (χ1n) is 6.70. The smallest absolute Gasteiger partial charge is 0.209 e. The van der Waals surface area contributed by atoms with Crippen LogP contribution in [0.1, 0.15) is 12.8 Å². The van der Waals surface area contributed by atoms with Crippen LogP contribution in [0.25, 0.3) is 0 Å². The monoisotopic (exact) mass is 311 g/mol. The fraction of sp³-hybridized carbons (Fsp3) is 1.00. The van der Waals surface area contributed by atoms with E-state index < -0.39 is 15.4 Å². The van der Waals surface area contributed by atoms with Crippen LogP contribution in [0.5, 0.6) is 0 Å². The van der Waals surface area contributed by atoms with Crippen LogP contribution in [-0.2, 0) is 29.0 Å². The van der Waals surface area contributed by atoms with Crippen molar-refractivity contribution in [3.63, 3.8) is 0 Å². The molecule has 2 N–H and O–H groups in total. The quantitative estimate of drug-likeness (QED) is 0.559. The van der Waals surface area contributed by atoms with E-state index in [2.05, 4.69) is 0 Å². The number of methoxy groups -OCH3 is 1. The van der Waals surface area contributed by atoms with Crippen LogP contribution in [0.15, 0.2) is 0 Å². The Morgan fingerprint density at radius 3 is 2.30 bits per heavy atom. The molecule has 7 nitrogen and oxygen atoms in total. The molecule has 0 atom stereocenters. The summed E-state index contributed by atoms with van der Waals surface area (Å²) in [6.07, 6.45) is 1.29. The summed E-state index contributed by atoms with van der Waals surface area (Å²) in [6, 6.07) is 0. The van der Waals surface area contributed by atoms with Gasteiger partial charge in [-0.2, -0.15) is 0 Å². The minimum atomic E-state index is -3.52. The zero-order valence-corrected chi connectivity index (χ0v) is 12.8. The van der Waals surface area contributed by atoms with Gasteiger partial charge in [-0.05, 0) is 12.8 Å². The maximum absolute atomic E-state index is 11.4. The highest BCUT2D eigenvalue weighted by Gasteiger charge is 2.36. The van der Waals surface area contributed by atoms with Gasteiger partial charge in [0.25, 0.3) is 0 Å². The SMILES string of the molecule is COCCOCCOCC1(CS(N)(=O)=O)CCOCC1. The molecular formula is C12H25NO6S. The van der Waals surface area contributed by atoms with Crippen molar-refractivity contribution in [2.75, 3.05) is 59.1 Å². The molecule has 0 aromatic rings. The molecule has 120 valence electrons. The Morgan fingerprint density at radius 2 is 1.70 bits per heavy atom. The van der Waals surface area contributed by atoms with Crippen LogP contribution < -0.4 is 5.14 Å². The number of nitrogens with two attached hydrogens (primary N) is 1. The van der Waals surface area contributed by atoms with Crippen LogP contribution >= 0.6 is 0 Å².